The molecule has 11 heteroatoms. The van der Waals surface area contributed by atoms with Gasteiger partial charge in [-0.1, -0.05) is 6.07 Å². The first-order chi connectivity index (χ1) is 17.6. The van der Waals surface area contributed by atoms with E-state index in [1.54, 1.807) is 13.0 Å². The Bertz CT molecular complexity index is 1360. The molecule has 3 aromatic rings. The number of aromatic nitrogens is 2. The van der Waals surface area contributed by atoms with E-state index in [-0.39, 0.29) is 36.8 Å². The Hall–Kier alpha value is -3.63. The third-order valence-electron chi connectivity index (χ3n) is 7.01. The van der Waals surface area contributed by atoms with Crippen molar-refractivity contribution in [2.24, 2.45) is 0 Å². The van der Waals surface area contributed by atoms with Crippen LogP contribution in [0.4, 0.5) is 23.2 Å². The SMILES string of the molecule is CCN(CCN(C=O)c1ccc(C2CC2)cc1F)C(=O)c1nn2c(C(F)(F)F)cc(C3CC3)cc2c1O. The second kappa shape index (κ2) is 9.35. The number of likely N-dealkylation sites (N-methyl/N-ethyl adjacent to an activating group) is 1. The van der Waals surface area contributed by atoms with Gasteiger partial charge in [-0.3, -0.25) is 9.59 Å². The summed E-state index contributed by atoms with van der Waals surface area (Å²) in [7, 11) is 0. The van der Waals surface area contributed by atoms with Gasteiger partial charge in [0.15, 0.2) is 11.4 Å². The molecule has 0 atom stereocenters. The number of pyridine rings is 1. The number of rotatable bonds is 9. The number of amides is 2. The summed E-state index contributed by atoms with van der Waals surface area (Å²) in [4.78, 5) is 27.3. The molecule has 0 aliphatic heterocycles. The summed E-state index contributed by atoms with van der Waals surface area (Å²) < 4.78 is 56.5. The number of anilines is 1. The van der Waals surface area contributed by atoms with Crippen molar-refractivity contribution in [3.8, 4) is 5.75 Å². The van der Waals surface area contributed by atoms with Crippen molar-refractivity contribution in [3.05, 3.63) is 58.7 Å². The number of halogens is 4. The molecular formula is C26H26F4N4O3. The molecule has 0 spiro atoms. The van der Waals surface area contributed by atoms with Gasteiger partial charge in [0.1, 0.15) is 17.0 Å². The molecule has 0 saturated heterocycles. The molecule has 5 rings (SSSR count). The quantitative estimate of drug-likeness (QED) is 0.317. The summed E-state index contributed by atoms with van der Waals surface area (Å²) in [6.45, 7) is 1.66. The highest BCUT2D eigenvalue weighted by molar-refractivity contribution is 5.97. The number of carbonyl (C=O) groups is 2. The molecule has 2 amide bonds. The van der Waals surface area contributed by atoms with Crippen LogP contribution in [0.3, 0.4) is 0 Å². The van der Waals surface area contributed by atoms with Crippen molar-refractivity contribution < 1.29 is 32.3 Å². The lowest BCUT2D eigenvalue weighted by Gasteiger charge is -2.24. The van der Waals surface area contributed by atoms with Gasteiger partial charge in [0.05, 0.1) is 5.69 Å². The van der Waals surface area contributed by atoms with Gasteiger partial charge in [-0.05, 0) is 79.8 Å². The molecule has 2 fully saturated rings. The van der Waals surface area contributed by atoms with Crippen molar-refractivity contribution in [2.75, 3.05) is 24.5 Å². The lowest BCUT2D eigenvalue weighted by atomic mass is 10.1. The number of carbonyl (C=O) groups excluding carboxylic acids is 2. The van der Waals surface area contributed by atoms with Crippen LogP contribution in [0.1, 0.15) is 71.8 Å². The fraction of sp³-hybridized carbons (Fsp3) is 0.423. The lowest BCUT2D eigenvalue weighted by molar-refractivity contribution is -0.142. The Morgan fingerprint density at radius 1 is 1.11 bits per heavy atom. The number of alkyl halides is 3. The molecule has 2 aliphatic carbocycles. The van der Waals surface area contributed by atoms with E-state index in [1.807, 2.05) is 0 Å². The van der Waals surface area contributed by atoms with Gasteiger partial charge >= 0.3 is 6.18 Å². The predicted molar refractivity (Wildman–Crippen MR) is 127 cm³/mol. The van der Waals surface area contributed by atoms with E-state index in [0.29, 0.717) is 22.4 Å². The van der Waals surface area contributed by atoms with Crippen molar-refractivity contribution >= 4 is 23.5 Å². The topological polar surface area (TPSA) is 78.2 Å². The first kappa shape index (κ1) is 25.0. The maximum absolute atomic E-state index is 14.7. The third kappa shape index (κ3) is 4.86. The van der Waals surface area contributed by atoms with E-state index in [1.165, 1.54) is 23.1 Å². The van der Waals surface area contributed by atoms with E-state index in [2.05, 4.69) is 5.10 Å². The highest BCUT2D eigenvalue weighted by Gasteiger charge is 2.38. The number of aromatic hydroxyl groups is 1. The molecule has 2 heterocycles. The van der Waals surface area contributed by atoms with E-state index >= 15 is 0 Å². The minimum atomic E-state index is -4.74. The number of benzene rings is 1. The standard InChI is InChI=1S/C26H26F4N4O3/c1-2-32(9-10-33(14-35)20-8-7-17(11-19(20)27)15-3-4-15)25(37)23-24(36)21-12-18(16-5-6-16)13-22(26(28,29)30)34(21)31-23/h7-8,11-16,36H,2-6,9-10H2,1H3. The Morgan fingerprint density at radius 3 is 2.35 bits per heavy atom. The second-order valence-corrected chi connectivity index (χ2v) is 9.61. The molecule has 0 unspecified atom stereocenters. The number of fused-ring (bicyclic) bond motifs is 1. The minimum Gasteiger partial charge on any atom is -0.504 e. The molecule has 2 aliphatic rings. The highest BCUT2D eigenvalue weighted by Crippen LogP contribution is 2.44. The maximum Gasteiger partial charge on any atom is 0.433 e. The van der Waals surface area contributed by atoms with Crippen LogP contribution in [0.25, 0.3) is 5.52 Å². The van der Waals surface area contributed by atoms with Gasteiger partial charge in [0, 0.05) is 19.6 Å². The monoisotopic (exact) mass is 518 g/mol. The van der Waals surface area contributed by atoms with Gasteiger partial charge < -0.3 is 14.9 Å². The van der Waals surface area contributed by atoms with Gasteiger partial charge in [0.25, 0.3) is 5.91 Å². The van der Waals surface area contributed by atoms with Crippen LogP contribution < -0.4 is 4.90 Å². The van der Waals surface area contributed by atoms with Gasteiger partial charge in [0.2, 0.25) is 6.41 Å². The maximum atomic E-state index is 14.7. The van der Waals surface area contributed by atoms with Crippen LogP contribution >= 0.6 is 0 Å². The molecule has 1 N–H and O–H groups in total. The smallest absolute Gasteiger partial charge is 0.433 e. The summed E-state index contributed by atoms with van der Waals surface area (Å²) in [5, 5.41) is 14.6. The van der Waals surface area contributed by atoms with Crippen LogP contribution in [-0.2, 0) is 11.0 Å². The minimum absolute atomic E-state index is 0.0141. The van der Waals surface area contributed by atoms with E-state index in [4.69, 9.17) is 0 Å². The van der Waals surface area contributed by atoms with E-state index in [9.17, 15) is 32.3 Å². The van der Waals surface area contributed by atoms with Crippen molar-refractivity contribution in [3.63, 3.8) is 0 Å². The average Bonchev–Trinajstić information content (AvgIpc) is 3.78. The third-order valence-corrected chi connectivity index (χ3v) is 7.01. The highest BCUT2D eigenvalue weighted by atomic mass is 19.4. The van der Waals surface area contributed by atoms with Crippen LogP contribution in [-0.4, -0.2) is 51.6 Å². The van der Waals surface area contributed by atoms with Crippen molar-refractivity contribution in [1.29, 1.82) is 0 Å². The fourth-order valence-corrected chi connectivity index (χ4v) is 4.59. The molecule has 2 saturated carbocycles. The molecule has 0 radical (unpaired) electrons. The van der Waals surface area contributed by atoms with Crippen molar-refractivity contribution in [1.82, 2.24) is 14.5 Å². The number of hydrogen-bond donors (Lipinski definition) is 1. The van der Waals surface area contributed by atoms with E-state index < -0.39 is 35.0 Å². The first-order valence-electron chi connectivity index (χ1n) is 12.3. The Morgan fingerprint density at radius 2 is 1.78 bits per heavy atom. The molecule has 7 nitrogen and oxygen atoms in total. The van der Waals surface area contributed by atoms with Crippen LogP contribution in [0.5, 0.6) is 5.75 Å². The summed E-state index contributed by atoms with van der Waals surface area (Å²) in [6.07, 6.45) is -0.747. The summed E-state index contributed by atoms with van der Waals surface area (Å²) in [6, 6.07) is 7.16. The molecule has 37 heavy (non-hydrogen) atoms. The number of nitrogens with zero attached hydrogens (tertiary/aromatic N) is 4. The van der Waals surface area contributed by atoms with Crippen molar-refractivity contribution in [2.45, 2.75) is 50.6 Å². The van der Waals surface area contributed by atoms with Crippen LogP contribution in [0.2, 0.25) is 0 Å². The van der Waals surface area contributed by atoms with Crippen LogP contribution in [0, 0.1) is 5.82 Å². The average molecular weight is 519 g/mol. The molecule has 1 aromatic carbocycles. The summed E-state index contributed by atoms with van der Waals surface area (Å²) in [5.74, 6) is -1.64. The Kier molecular flexibility index (Phi) is 6.33. The van der Waals surface area contributed by atoms with Gasteiger partial charge in [-0.15, -0.1) is 0 Å². The zero-order valence-electron chi connectivity index (χ0n) is 20.1. The number of hydrogen-bond acceptors (Lipinski definition) is 4. The lowest BCUT2D eigenvalue weighted by Crippen LogP contribution is -2.38. The zero-order chi connectivity index (χ0) is 26.5. The molecular weight excluding hydrogens is 492 g/mol. The zero-order valence-corrected chi connectivity index (χ0v) is 20.1. The van der Waals surface area contributed by atoms with Gasteiger partial charge in [-0.25, -0.2) is 8.91 Å². The molecule has 2 aromatic heterocycles. The molecule has 0 bridgehead atoms. The predicted octanol–water partition coefficient (Wildman–Crippen LogP) is 5.08. The summed E-state index contributed by atoms with van der Waals surface area (Å²) in [5.41, 5.74) is -0.385. The normalized spacial score (nSPS) is 15.7. The Balaban J connectivity index is 1.39. The largest absolute Gasteiger partial charge is 0.504 e. The van der Waals surface area contributed by atoms with Gasteiger partial charge in [-0.2, -0.15) is 18.3 Å². The molecule has 196 valence electrons. The first-order valence-corrected chi connectivity index (χ1v) is 12.3. The Labute approximate surface area is 210 Å². The summed E-state index contributed by atoms with van der Waals surface area (Å²) >= 11 is 0. The second-order valence-electron chi connectivity index (χ2n) is 9.61. The van der Waals surface area contributed by atoms with Crippen LogP contribution in [0.15, 0.2) is 30.3 Å². The van der Waals surface area contributed by atoms with E-state index in [0.717, 1.165) is 42.2 Å². The fourth-order valence-electron chi connectivity index (χ4n) is 4.59.